The molecule has 0 bridgehead atoms. The molecule has 0 aromatic heterocycles. The molecule has 2 rings (SSSR count). The molecule has 2 aliphatic rings. The second-order valence-corrected chi connectivity index (χ2v) is 3.33. The molecule has 0 aromatic carbocycles. The number of rotatable bonds is 1. The van der Waals surface area contributed by atoms with E-state index in [0.717, 1.165) is 25.6 Å². The summed E-state index contributed by atoms with van der Waals surface area (Å²) < 4.78 is 0. The summed E-state index contributed by atoms with van der Waals surface area (Å²) in [6.45, 7) is 2.97. The van der Waals surface area contributed by atoms with Gasteiger partial charge in [-0.3, -0.25) is 0 Å². The van der Waals surface area contributed by atoms with Crippen molar-refractivity contribution < 1.29 is 56.0 Å². The molecule has 0 atom stereocenters. The Bertz CT molecular complexity index is 225. The molecule has 0 amide bonds. The molecule has 1 radical (unpaired) electrons. The number of piperidine rings is 1. The Kier molecular flexibility index (Phi) is 39.1. The van der Waals surface area contributed by atoms with E-state index in [1.165, 1.54) is 18.4 Å². The van der Waals surface area contributed by atoms with Crippen LogP contribution in [0.25, 0.3) is 16.8 Å². The predicted octanol–water partition coefficient (Wildman–Crippen LogP) is 0.0108. The number of nitrogens with two attached hydrogens (primary N) is 1. The number of allylic oxidation sites excluding steroid dienone is 2. The molecule has 0 unspecified atom stereocenters. The molecular formula is C10H24Cu2N3O4. The third-order valence-electron chi connectivity index (χ3n) is 2.55. The fourth-order valence-electron chi connectivity index (χ4n) is 1.81. The minimum Gasteiger partial charge on any atom is -0.693 e. The summed E-state index contributed by atoms with van der Waals surface area (Å²) >= 11 is 0. The Balaban J connectivity index is -0.0000000604. The number of nitrogens with zero attached hydrogens (tertiary/aromatic N) is 2. The summed E-state index contributed by atoms with van der Waals surface area (Å²) in [5, 5.41) is 8.49. The Morgan fingerprint density at radius 1 is 1.00 bits per heavy atom. The van der Waals surface area contributed by atoms with Crippen molar-refractivity contribution in [3.8, 4) is 0 Å². The van der Waals surface area contributed by atoms with Crippen molar-refractivity contribution in [2.75, 3.05) is 19.6 Å². The maximum atomic E-state index is 4.35. The molecular weight excluding hydrogens is 353 g/mol. The summed E-state index contributed by atoms with van der Waals surface area (Å²) in [5.41, 5.74) is 1.49. The topological polar surface area (TPSA) is 188 Å². The molecule has 10 N–H and O–H groups in total. The fourth-order valence-corrected chi connectivity index (χ4v) is 1.81. The average molecular weight is 377 g/mol. The van der Waals surface area contributed by atoms with E-state index in [-0.39, 0.29) is 62.2 Å². The number of hydrogen-bond acceptors (Lipinski definition) is 0. The molecule has 7 nitrogen and oxygen atoms in total. The van der Waals surface area contributed by atoms with Crippen LogP contribution >= 0.6 is 0 Å². The van der Waals surface area contributed by atoms with E-state index in [4.69, 9.17) is 0 Å². The van der Waals surface area contributed by atoms with E-state index in [1.54, 1.807) is 0 Å². The Morgan fingerprint density at radius 3 is 1.95 bits per heavy atom. The molecule has 125 valence electrons. The van der Waals surface area contributed by atoms with Gasteiger partial charge in [-0.2, -0.15) is 6.20 Å². The van der Waals surface area contributed by atoms with Crippen molar-refractivity contribution in [3.05, 3.63) is 40.7 Å². The van der Waals surface area contributed by atoms with E-state index in [0.29, 0.717) is 0 Å². The maximum absolute atomic E-state index is 4.35. The van der Waals surface area contributed by atoms with Crippen LogP contribution in [0.2, 0.25) is 0 Å². The van der Waals surface area contributed by atoms with E-state index in [9.17, 15) is 0 Å². The van der Waals surface area contributed by atoms with Crippen LogP contribution in [0.4, 0.5) is 0 Å². The van der Waals surface area contributed by atoms with Gasteiger partial charge in [0.15, 0.2) is 0 Å². The third kappa shape index (κ3) is 11.6. The Hall–Kier alpha value is 0.0790. The van der Waals surface area contributed by atoms with E-state index >= 15 is 0 Å². The minimum atomic E-state index is 0. The van der Waals surface area contributed by atoms with Crippen LogP contribution < -0.4 is 0 Å². The third-order valence-corrected chi connectivity index (χ3v) is 2.55. The smallest absolute Gasteiger partial charge is 0.693 e. The monoisotopic (exact) mass is 376 g/mol. The first-order valence-corrected chi connectivity index (χ1v) is 4.63. The van der Waals surface area contributed by atoms with Gasteiger partial charge in [0.1, 0.15) is 0 Å². The van der Waals surface area contributed by atoms with Gasteiger partial charge in [-0.25, -0.2) is 0 Å². The maximum Gasteiger partial charge on any atom is 2.00 e. The van der Waals surface area contributed by atoms with Crippen LogP contribution in [0.5, 0.6) is 0 Å². The normalized spacial score (nSPS) is 15.7. The Morgan fingerprint density at radius 2 is 1.53 bits per heavy atom. The van der Waals surface area contributed by atoms with E-state index in [1.807, 2.05) is 6.20 Å². The van der Waals surface area contributed by atoms with Crippen LogP contribution in [-0.4, -0.2) is 41.5 Å². The minimum absolute atomic E-state index is 0. The largest absolute Gasteiger partial charge is 2.00 e. The first kappa shape index (κ1) is 36.5. The van der Waals surface area contributed by atoms with Crippen molar-refractivity contribution >= 4 is 0 Å². The van der Waals surface area contributed by atoms with Gasteiger partial charge in [-0.1, -0.05) is 30.6 Å². The average Bonchev–Trinajstić information content (AvgIpc) is 2.21. The molecule has 0 spiro atoms. The SMILES string of the molecule is C1=CC(C2CC[N-]CC2)=CC[N-]1.O.O.O.O.[Cu+2].[Cu+].[NH2-]. The van der Waals surface area contributed by atoms with Crippen molar-refractivity contribution in [2.45, 2.75) is 12.8 Å². The predicted molar refractivity (Wildman–Crippen MR) is 71.0 cm³/mol. The quantitative estimate of drug-likeness (QED) is 0.557. The van der Waals surface area contributed by atoms with Crippen LogP contribution in [0, 0.1) is 5.92 Å². The molecule has 0 aliphatic carbocycles. The molecule has 1 fully saturated rings. The van der Waals surface area contributed by atoms with Gasteiger partial charge in [-0.15, -0.1) is 19.6 Å². The van der Waals surface area contributed by atoms with Gasteiger partial charge < -0.3 is 38.7 Å². The van der Waals surface area contributed by atoms with Crippen molar-refractivity contribution in [2.24, 2.45) is 5.92 Å². The molecule has 2 heterocycles. The zero-order chi connectivity index (χ0) is 8.23. The van der Waals surface area contributed by atoms with Gasteiger partial charge in [0.2, 0.25) is 0 Å². The van der Waals surface area contributed by atoms with Crippen molar-refractivity contribution in [3.63, 3.8) is 0 Å². The molecule has 0 saturated carbocycles. The van der Waals surface area contributed by atoms with Crippen molar-refractivity contribution in [1.29, 1.82) is 0 Å². The molecule has 2 aliphatic heterocycles. The van der Waals surface area contributed by atoms with E-state index in [2.05, 4.69) is 22.8 Å². The second-order valence-electron chi connectivity index (χ2n) is 3.33. The molecule has 1 saturated heterocycles. The van der Waals surface area contributed by atoms with Crippen molar-refractivity contribution in [1.82, 2.24) is 0 Å². The summed E-state index contributed by atoms with van der Waals surface area (Å²) in [7, 11) is 0. The fraction of sp³-hybridized carbons (Fsp3) is 0.600. The van der Waals surface area contributed by atoms with Crippen LogP contribution in [-0.2, 0) is 34.1 Å². The summed E-state index contributed by atoms with van der Waals surface area (Å²) in [5.74, 6) is 0.759. The van der Waals surface area contributed by atoms with Gasteiger partial charge in [0.25, 0.3) is 0 Å². The van der Waals surface area contributed by atoms with Gasteiger partial charge in [0, 0.05) is 0 Å². The van der Waals surface area contributed by atoms with Gasteiger partial charge in [0.05, 0.1) is 0 Å². The van der Waals surface area contributed by atoms with Crippen LogP contribution in [0.1, 0.15) is 12.8 Å². The first-order chi connectivity index (χ1) is 5.97. The van der Waals surface area contributed by atoms with E-state index < -0.39 is 0 Å². The second kappa shape index (κ2) is 20.4. The van der Waals surface area contributed by atoms with Gasteiger partial charge >= 0.3 is 34.1 Å². The molecule has 19 heavy (non-hydrogen) atoms. The summed E-state index contributed by atoms with van der Waals surface area (Å²) in [4.78, 5) is 0. The Labute approximate surface area is 135 Å². The molecule has 0 aromatic rings. The molecule has 9 heteroatoms. The van der Waals surface area contributed by atoms with Crippen LogP contribution in [0.3, 0.4) is 0 Å². The number of hydrogen-bond donors (Lipinski definition) is 0. The van der Waals surface area contributed by atoms with Gasteiger partial charge in [-0.05, 0) is 5.92 Å². The zero-order valence-electron chi connectivity index (χ0n) is 10.4. The zero-order valence-corrected chi connectivity index (χ0v) is 12.3. The summed E-state index contributed by atoms with van der Waals surface area (Å²) in [6, 6.07) is 0. The summed E-state index contributed by atoms with van der Waals surface area (Å²) in [6.07, 6.45) is 8.79. The van der Waals surface area contributed by atoms with Crippen LogP contribution in [0.15, 0.2) is 23.9 Å². The first-order valence-electron chi connectivity index (χ1n) is 4.63. The standard InChI is InChI=1S/C10H14N2.2Cu.H2N.4H2O/c1-5-11-6-2-9(1)10-3-7-12-8-4-10;;;;;;;/h1-2,5,10H,3-4,6-8H2;;;5*1H2/q-2;+1;+2;-1;;;;.